The smallest absolute Gasteiger partial charge is 0.120 e. The van der Waals surface area contributed by atoms with Crippen molar-refractivity contribution in [2.75, 3.05) is 0 Å². The summed E-state index contributed by atoms with van der Waals surface area (Å²) >= 11 is 11.8. The summed E-state index contributed by atoms with van der Waals surface area (Å²) in [6.45, 7) is 4.13. The molecule has 1 N–H and O–H groups in total. The van der Waals surface area contributed by atoms with Crippen LogP contribution < -0.4 is 0 Å². The number of halogens is 2. The molecule has 0 atom stereocenters. The Morgan fingerprint density at radius 3 is 2.46 bits per heavy atom. The Bertz CT molecular complexity index is 308. The van der Waals surface area contributed by atoms with Gasteiger partial charge in [0.1, 0.15) is 5.75 Å². The van der Waals surface area contributed by atoms with E-state index in [4.69, 9.17) is 23.2 Å². The van der Waals surface area contributed by atoms with Gasteiger partial charge in [0.05, 0.1) is 10.0 Å². The molecule has 0 fully saturated rings. The molecule has 0 aliphatic heterocycles. The predicted octanol–water partition coefficient (Wildman–Crippen LogP) is 3.90. The van der Waals surface area contributed by atoms with E-state index in [0.717, 1.165) is 12.0 Å². The summed E-state index contributed by atoms with van der Waals surface area (Å²) < 4.78 is 0. The molecule has 0 aromatic heterocycles. The van der Waals surface area contributed by atoms with Gasteiger partial charge < -0.3 is 5.11 Å². The zero-order valence-corrected chi connectivity index (χ0v) is 9.15. The first-order valence-corrected chi connectivity index (χ1v) is 4.93. The van der Waals surface area contributed by atoms with Crippen LogP contribution in [0.15, 0.2) is 12.1 Å². The number of rotatable bonds is 2. The number of hydrogen-bond acceptors (Lipinski definition) is 1. The molecule has 72 valence electrons. The molecule has 0 unspecified atom stereocenters. The van der Waals surface area contributed by atoms with Gasteiger partial charge in [-0.3, -0.25) is 0 Å². The Morgan fingerprint density at radius 1 is 1.31 bits per heavy atom. The van der Waals surface area contributed by atoms with Crippen molar-refractivity contribution in [2.24, 2.45) is 5.92 Å². The van der Waals surface area contributed by atoms with Crippen LogP contribution in [0.25, 0.3) is 0 Å². The Balaban J connectivity index is 3.10. The Labute approximate surface area is 88.3 Å². The summed E-state index contributed by atoms with van der Waals surface area (Å²) in [7, 11) is 0. The fraction of sp³-hybridized carbons (Fsp3) is 0.400. The number of phenolic OH excluding ortho intramolecular Hbond substituents is 1. The fourth-order valence-corrected chi connectivity index (χ4v) is 1.60. The van der Waals surface area contributed by atoms with Gasteiger partial charge in [-0.05, 0) is 24.5 Å². The molecule has 1 aromatic carbocycles. The van der Waals surface area contributed by atoms with Crippen molar-refractivity contribution in [1.29, 1.82) is 0 Å². The third kappa shape index (κ3) is 2.52. The standard InChI is InChI=1S/C10H12Cl2O/c1-6(2)5-7-9(13)4-3-8(11)10(7)12/h3-4,6,13H,5H2,1-2H3. The maximum absolute atomic E-state index is 9.52. The molecule has 0 heterocycles. The van der Waals surface area contributed by atoms with Gasteiger partial charge in [0.2, 0.25) is 0 Å². The van der Waals surface area contributed by atoms with Crippen molar-refractivity contribution in [3.63, 3.8) is 0 Å². The van der Waals surface area contributed by atoms with Crippen molar-refractivity contribution in [3.05, 3.63) is 27.7 Å². The number of aromatic hydroxyl groups is 1. The van der Waals surface area contributed by atoms with E-state index in [-0.39, 0.29) is 5.75 Å². The second kappa shape index (κ2) is 4.21. The molecule has 0 spiro atoms. The van der Waals surface area contributed by atoms with Crippen molar-refractivity contribution in [1.82, 2.24) is 0 Å². The summed E-state index contributed by atoms with van der Waals surface area (Å²) in [4.78, 5) is 0. The van der Waals surface area contributed by atoms with E-state index >= 15 is 0 Å². The lowest BCUT2D eigenvalue weighted by Crippen LogP contribution is -1.95. The molecular weight excluding hydrogens is 207 g/mol. The van der Waals surface area contributed by atoms with Crippen molar-refractivity contribution in [3.8, 4) is 5.75 Å². The van der Waals surface area contributed by atoms with E-state index in [1.807, 2.05) is 0 Å². The Hall–Kier alpha value is -0.400. The highest BCUT2D eigenvalue weighted by atomic mass is 35.5. The Kier molecular flexibility index (Phi) is 3.46. The minimum absolute atomic E-state index is 0.225. The normalized spacial score (nSPS) is 10.8. The van der Waals surface area contributed by atoms with Crippen LogP contribution >= 0.6 is 23.2 Å². The molecule has 1 aromatic rings. The van der Waals surface area contributed by atoms with Crippen LogP contribution in [-0.2, 0) is 6.42 Å². The third-order valence-corrected chi connectivity index (χ3v) is 2.63. The minimum atomic E-state index is 0.225. The van der Waals surface area contributed by atoms with Crippen LogP contribution in [0.1, 0.15) is 19.4 Å². The van der Waals surface area contributed by atoms with E-state index in [1.54, 1.807) is 12.1 Å². The molecule has 0 aliphatic rings. The zero-order valence-electron chi connectivity index (χ0n) is 7.64. The van der Waals surface area contributed by atoms with E-state index in [2.05, 4.69) is 13.8 Å². The van der Waals surface area contributed by atoms with Gasteiger partial charge in [-0.25, -0.2) is 0 Å². The molecule has 1 rings (SSSR count). The van der Waals surface area contributed by atoms with E-state index in [1.165, 1.54) is 0 Å². The number of benzene rings is 1. The Morgan fingerprint density at radius 2 is 1.92 bits per heavy atom. The van der Waals surface area contributed by atoms with Gasteiger partial charge in [0.25, 0.3) is 0 Å². The maximum Gasteiger partial charge on any atom is 0.120 e. The summed E-state index contributed by atoms with van der Waals surface area (Å²) in [6.07, 6.45) is 0.741. The van der Waals surface area contributed by atoms with Crippen LogP contribution in [0.5, 0.6) is 5.75 Å². The molecule has 13 heavy (non-hydrogen) atoms. The topological polar surface area (TPSA) is 20.2 Å². The van der Waals surface area contributed by atoms with Crippen LogP contribution in [-0.4, -0.2) is 5.11 Å². The highest BCUT2D eigenvalue weighted by Crippen LogP contribution is 2.33. The zero-order chi connectivity index (χ0) is 10.0. The van der Waals surface area contributed by atoms with E-state index in [9.17, 15) is 5.11 Å². The van der Waals surface area contributed by atoms with Crippen LogP contribution in [0.2, 0.25) is 10.0 Å². The summed E-state index contributed by atoms with van der Waals surface area (Å²) in [5.74, 6) is 0.671. The van der Waals surface area contributed by atoms with Gasteiger partial charge in [0, 0.05) is 5.56 Å². The molecule has 0 radical (unpaired) electrons. The monoisotopic (exact) mass is 218 g/mol. The predicted molar refractivity (Wildman–Crippen MR) is 56.7 cm³/mol. The molecule has 0 saturated carbocycles. The molecule has 0 amide bonds. The molecular formula is C10H12Cl2O. The van der Waals surface area contributed by atoms with E-state index < -0.39 is 0 Å². The van der Waals surface area contributed by atoms with Gasteiger partial charge in [-0.15, -0.1) is 0 Å². The van der Waals surface area contributed by atoms with Crippen molar-refractivity contribution in [2.45, 2.75) is 20.3 Å². The van der Waals surface area contributed by atoms with Gasteiger partial charge in [-0.1, -0.05) is 37.0 Å². The summed E-state index contributed by atoms with van der Waals surface area (Å²) in [5, 5.41) is 10.5. The van der Waals surface area contributed by atoms with Crippen LogP contribution in [0, 0.1) is 5.92 Å². The molecule has 0 aliphatic carbocycles. The van der Waals surface area contributed by atoms with Crippen molar-refractivity contribution >= 4 is 23.2 Å². The quantitative estimate of drug-likeness (QED) is 0.799. The van der Waals surface area contributed by atoms with Gasteiger partial charge >= 0.3 is 0 Å². The molecule has 0 saturated heterocycles. The molecule has 0 bridgehead atoms. The maximum atomic E-state index is 9.52. The third-order valence-electron chi connectivity index (χ3n) is 1.78. The highest BCUT2D eigenvalue weighted by molar-refractivity contribution is 6.42. The van der Waals surface area contributed by atoms with E-state index in [0.29, 0.717) is 16.0 Å². The second-order valence-electron chi connectivity index (χ2n) is 3.46. The fourth-order valence-electron chi connectivity index (χ4n) is 1.18. The van der Waals surface area contributed by atoms with Crippen LogP contribution in [0.3, 0.4) is 0 Å². The first-order chi connectivity index (χ1) is 6.02. The highest BCUT2D eigenvalue weighted by Gasteiger charge is 2.11. The average Bonchev–Trinajstić information content (AvgIpc) is 2.05. The molecule has 3 heteroatoms. The van der Waals surface area contributed by atoms with Gasteiger partial charge in [0.15, 0.2) is 0 Å². The SMILES string of the molecule is CC(C)Cc1c(O)ccc(Cl)c1Cl. The average molecular weight is 219 g/mol. The van der Waals surface area contributed by atoms with Crippen molar-refractivity contribution < 1.29 is 5.11 Å². The first kappa shape index (κ1) is 10.7. The molecule has 1 nitrogen and oxygen atoms in total. The largest absolute Gasteiger partial charge is 0.508 e. The number of phenols is 1. The lowest BCUT2D eigenvalue weighted by atomic mass is 10.0. The van der Waals surface area contributed by atoms with Crippen LogP contribution in [0.4, 0.5) is 0 Å². The summed E-state index contributed by atoms with van der Waals surface area (Å²) in [6, 6.07) is 3.18. The lowest BCUT2D eigenvalue weighted by molar-refractivity contribution is 0.462. The summed E-state index contributed by atoms with van der Waals surface area (Å²) in [5.41, 5.74) is 0.740. The first-order valence-electron chi connectivity index (χ1n) is 4.18. The minimum Gasteiger partial charge on any atom is -0.508 e. The lowest BCUT2D eigenvalue weighted by Gasteiger charge is -2.10. The van der Waals surface area contributed by atoms with Gasteiger partial charge in [-0.2, -0.15) is 0 Å². The number of hydrogen-bond donors (Lipinski definition) is 1. The second-order valence-corrected chi connectivity index (χ2v) is 4.24.